The number of benzene rings is 2. The SMILES string of the molecule is Cc1cc(C)c(OCc2ccc(F)c(F)c2)c(N)c1. The van der Waals surface area contributed by atoms with Gasteiger partial charge in [-0.2, -0.15) is 0 Å². The average molecular weight is 263 g/mol. The van der Waals surface area contributed by atoms with E-state index in [9.17, 15) is 8.78 Å². The van der Waals surface area contributed by atoms with Gasteiger partial charge in [0.15, 0.2) is 11.6 Å². The quantitative estimate of drug-likeness (QED) is 0.856. The van der Waals surface area contributed by atoms with Gasteiger partial charge in [0.1, 0.15) is 12.4 Å². The van der Waals surface area contributed by atoms with E-state index in [0.29, 0.717) is 17.0 Å². The second-order valence-corrected chi connectivity index (χ2v) is 4.54. The van der Waals surface area contributed by atoms with Gasteiger partial charge in [-0.15, -0.1) is 0 Å². The Morgan fingerprint density at radius 1 is 1.05 bits per heavy atom. The van der Waals surface area contributed by atoms with Crippen LogP contribution in [0.15, 0.2) is 30.3 Å². The number of hydrogen-bond acceptors (Lipinski definition) is 2. The van der Waals surface area contributed by atoms with Gasteiger partial charge in [0.05, 0.1) is 5.69 Å². The molecule has 4 heteroatoms. The fourth-order valence-corrected chi connectivity index (χ4v) is 1.97. The van der Waals surface area contributed by atoms with Gasteiger partial charge >= 0.3 is 0 Å². The van der Waals surface area contributed by atoms with Crippen LogP contribution in [-0.4, -0.2) is 0 Å². The lowest BCUT2D eigenvalue weighted by molar-refractivity contribution is 0.304. The molecule has 2 aromatic rings. The number of rotatable bonds is 3. The van der Waals surface area contributed by atoms with Gasteiger partial charge < -0.3 is 10.5 Å². The fourth-order valence-electron chi connectivity index (χ4n) is 1.97. The smallest absolute Gasteiger partial charge is 0.159 e. The van der Waals surface area contributed by atoms with Crippen molar-refractivity contribution in [1.29, 1.82) is 0 Å². The van der Waals surface area contributed by atoms with E-state index in [-0.39, 0.29) is 6.61 Å². The van der Waals surface area contributed by atoms with Gasteiger partial charge in [0, 0.05) is 0 Å². The van der Waals surface area contributed by atoms with Crippen LogP contribution in [0.3, 0.4) is 0 Å². The van der Waals surface area contributed by atoms with E-state index in [2.05, 4.69) is 0 Å². The third-order valence-electron chi connectivity index (χ3n) is 2.81. The van der Waals surface area contributed by atoms with Crippen molar-refractivity contribution in [3.63, 3.8) is 0 Å². The van der Waals surface area contributed by atoms with Gasteiger partial charge in [0.25, 0.3) is 0 Å². The predicted molar refractivity (Wildman–Crippen MR) is 71.0 cm³/mol. The molecule has 19 heavy (non-hydrogen) atoms. The molecule has 0 aliphatic carbocycles. The maximum Gasteiger partial charge on any atom is 0.159 e. The molecule has 0 amide bonds. The van der Waals surface area contributed by atoms with Crippen molar-refractivity contribution in [2.24, 2.45) is 0 Å². The molecule has 0 spiro atoms. The molecule has 0 saturated heterocycles. The molecule has 2 N–H and O–H groups in total. The van der Waals surface area contributed by atoms with Crippen molar-refractivity contribution in [3.05, 3.63) is 58.7 Å². The zero-order valence-corrected chi connectivity index (χ0v) is 10.8. The zero-order valence-electron chi connectivity index (χ0n) is 10.8. The summed E-state index contributed by atoms with van der Waals surface area (Å²) in [4.78, 5) is 0. The summed E-state index contributed by atoms with van der Waals surface area (Å²) in [5.41, 5.74) is 8.94. The molecule has 0 bridgehead atoms. The van der Waals surface area contributed by atoms with Crippen molar-refractivity contribution in [1.82, 2.24) is 0 Å². The summed E-state index contributed by atoms with van der Waals surface area (Å²) in [6, 6.07) is 7.46. The molecule has 0 aliphatic rings. The first-order valence-corrected chi connectivity index (χ1v) is 5.91. The molecule has 0 saturated carbocycles. The van der Waals surface area contributed by atoms with Crippen LogP contribution in [0, 0.1) is 25.5 Å². The highest BCUT2D eigenvalue weighted by Gasteiger charge is 2.07. The van der Waals surface area contributed by atoms with E-state index >= 15 is 0 Å². The predicted octanol–water partition coefficient (Wildman–Crippen LogP) is 3.74. The van der Waals surface area contributed by atoms with Gasteiger partial charge in [-0.3, -0.25) is 0 Å². The zero-order chi connectivity index (χ0) is 14.0. The Labute approximate surface area is 110 Å². The molecule has 2 aromatic carbocycles. The third kappa shape index (κ3) is 3.02. The van der Waals surface area contributed by atoms with E-state index in [1.54, 1.807) is 0 Å². The fraction of sp³-hybridized carbons (Fsp3) is 0.200. The Morgan fingerprint density at radius 3 is 2.42 bits per heavy atom. The Kier molecular flexibility index (Phi) is 3.69. The number of nitrogen functional groups attached to an aromatic ring is 1. The first-order valence-electron chi connectivity index (χ1n) is 5.91. The lowest BCUT2D eigenvalue weighted by Crippen LogP contribution is -2.02. The van der Waals surface area contributed by atoms with Gasteiger partial charge in [-0.05, 0) is 48.7 Å². The van der Waals surface area contributed by atoms with E-state index < -0.39 is 11.6 Å². The molecule has 2 nitrogen and oxygen atoms in total. The number of anilines is 1. The highest BCUT2D eigenvalue weighted by atomic mass is 19.2. The maximum absolute atomic E-state index is 13.1. The van der Waals surface area contributed by atoms with E-state index in [0.717, 1.165) is 23.3 Å². The number of aryl methyl sites for hydroxylation is 2. The van der Waals surface area contributed by atoms with E-state index in [1.165, 1.54) is 6.07 Å². The van der Waals surface area contributed by atoms with Gasteiger partial charge in [0.2, 0.25) is 0 Å². The third-order valence-corrected chi connectivity index (χ3v) is 2.81. The molecule has 0 aromatic heterocycles. The summed E-state index contributed by atoms with van der Waals surface area (Å²) >= 11 is 0. The molecular formula is C15H15F2NO. The normalized spacial score (nSPS) is 10.5. The minimum atomic E-state index is -0.880. The van der Waals surface area contributed by atoms with Crippen LogP contribution in [-0.2, 0) is 6.61 Å². The first kappa shape index (κ1) is 13.3. The summed E-state index contributed by atoms with van der Waals surface area (Å²) in [6.07, 6.45) is 0. The molecule has 0 aliphatic heterocycles. The van der Waals surface area contributed by atoms with Crippen LogP contribution < -0.4 is 10.5 Å². The second kappa shape index (κ2) is 5.26. The lowest BCUT2D eigenvalue weighted by Gasteiger charge is -2.13. The molecule has 2 rings (SSSR count). The summed E-state index contributed by atoms with van der Waals surface area (Å²) in [7, 11) is 0. The van der Waals surface area contributed by atoms with Crippen LogP contribution in [0.25, 0.3) is 0 Å². The van der Waals surface area contributed by atoms with Crippen LogP contribution in [0.4, 0.5) is 14.5 Å². The summed E-state index contributed by atoms with van der Waals surface area (Å²) in [5, 5.41) is 0. The number of nitrogens with two attached hydrogens (primary N) is 1. The minimum absolute atomic E-state index is 0.144. The molecule has 100 valence electrons. The Hall–Kier alpha value is -2.10. The minimum Gasteiger partial charge on any atom is -0.486 e. The summed E-state index contributed by atoms with van der Waals surface area (Å²) < 4.78 is 31.4. The summed E-state index contributed by atoms with van der Waals surface area (Å²) in [6.45, 7) is 3.98. The van der Waals surface area contributed by atoms with Crippen molar-refractivity contribution >= 4 is 5.69 Å². The highest BCUT2D eigenvalue weighted by molar-refractivity contribution is 5.58. The van der Waals surface area contributed by atoms with Crippen molar-refractivity contribution in [2.75, 3.05) is 5.73 Å². The lowest BCUT2D eigenvalue weighted by atomic mass is 10.1. The van der Waals surface area contributed by atoms with Crippen molar-refractivity contribution in [2.45, 2.75) is 20.5 Å². The number of ether oxygens (including phenoxy) is 1. The molecule has 0 fully saturated rings. The topological polar surface area (TPSA) is 35.2 Å². The standard InChI is InChI=1S/C15H15F2NO/c1-9-5-10(2)15(14(18)6-9)19-8-11-3-4-12(16)13(17)7-11/h3-7H,8,18H2,1-2H3. The second-order valence-electron chi connectivity index (χ2n) is 4.54. The Balaban J connectivity index is 2.16. The van der Waals surface area contributed by atoms with Gasteiger partial charge in [-0.1, -0.05) is 12.1 Å². The molecule has 0 atom stereocenters. The maximum atomic E-state index is 13.1. The van der Waals surface area contributed by atoms with Crippen LogP contribution in [0.5, 0.6) is 5.75 Å². The van der Waals surface area contributed by atoms with Crippen LogP contribution in [0.2, 0.25) is 0 Å². The molecule has 0 heterocycles. The largest absolute Gasteiger partial charge is 0.486 e. The van der Waals surface area contributed by atoms with Crippen molar-refractivity contribution < 1.29 is 13.5 Å². The Bertz CT molecular complexity index is 588. The van der Waals surface area contributed by atoms with Crippen molar-refractivity contribution in [3.8, 4) is 5.75 Å². The van der Waals surface area contributed by atoms with Crippen LogP contribution >= 0.6 is 0 Å². The summed E-state index contributed by atoms with van der Waals surface area (Å²) in [5.74, 6) is -1.17. The average Bonchev–Trinajstić information content (AvgIpc) is 2.32. The Morgan fingerprint density at radius 2 is 1.79 bits per heavy atom. The highest BCUT2D eigenvalue weighted by Crippen LogP contribution is 2.28. The van der Waals surface area contributed by atoms with E-state index in [1.807, 2.05) is 26.0 Å². The first-order chi connectivity index (χ1) is 8.97. The molecule has 0 radical (unpaired) electrons. The number of halogens is 2. The number of hydrogen-bond donors (Lipinski definition) is 1. The van der Waals surface area contributed by atoms with Gasteiger partial charge in [-0.25, -0.2) is 8.78 Å². The molecular weight excluding hydrogens is 248 g/mol. The monoisotopic (exact) mass is 263 g/mol. The van der Waals surface area contributed by atoms with Crippen LogP contribution in [0.1, 0.15) is 16.7 Å². The van der Waals surface area contributed by atoms with E-state index in [4.69, 9.17) is 10.5 Å². The molecule has 0 unspecified atom stereocenters.